The van der Waals surface area contributed by atoms with Gasteiger partial charge < -0.3 is 15.0 Å². The van der Waals surface area contributed by atoms with Crippen molar-refractivity contribution in [3.8, 4) is 0 Å². The van der Waals surface area contributed by atoms with Crippen molar-refractivity contribution in [1.29, 1.82) is 0 Å². The molecule has 0 aliphatic carbocycles. The molecule has 1 amide bonds. The number of methoxy groups -OCH3 is 1. The Balaban J connectivity index is 3.02. The molecule has 6 heteroatoms. The number of amides is 1. The molecule has 0 bridgehead atoms. The Hall–Kier alpha value is -1.75. The minimum Gasteiger partial charge on any atom is -0.467 e. The number of nitrogens with one attached hydrogen (secondary N) is 1. The van der Waals surface area contributed by atoms with Gasteiger partial charge in [-0.2, -0.15) is 0 Å². The summed E-state index contributed by atoms with van der Waals surface area (Å²) in [5.41, 5.74) is 1.04. The molecule has 1 atom stereocenters. The number of hydrogen-bond donors (Lipinski definition) is 1. The molecule has 0 aliphatic rings. The fraction of sp³-hybridized carbons (Fsp3) is 0.429. The van der Waals surface area contributed by atoms with Gasteiger partial charge in [0.05, 0.1) is 17.8 Å². The lowest BCUT2D eigenvalue weighted by molar-refractivity contribution is -0.141. The summed E-state index contributed by atoms with van der Waals surface area (Å²) in [5, 5.41) is 3.45. The van der Waals surface area contributed by atoms with Crippen LogP contribution in [0.15, 0.2) is 18.2 Å². The minimum absolute atomic E-state index is 0.129. The number of carbonyl (C=O) groups excluding carboxylic acids is 2. The number of esters is 1. The van der Waals surface area contributed by atoms with E-state index in [2.05, 4.69) is 5.32 Å². The van der Waals surface area contributed by atoms with Gasteiger partial charge in [0.1, 0.15) is 6.04 Å². The standard InChI is InChI=1S/C14H19ClN2O3/c1-5-11(14(19)20-4)16-12-8-9(6-7-10(12)15)13(18)17(2)3/h6-8,11,16H,5H2,1-4H3. The van der Waals surface area contributed by atoms with Crippen LogP contribution in [0.1, 0.15) is 23.7 Å². The third kappa shape index (κ3) is 3.87. The first-order chi connectivity index (χ1) is 9.40. The molecule has 1 unspecified atom stereocenters. The molecule has 0 aromatic heterocycles. The van der Waals surface area contributed by atoms with Gasteiger partial charge >= 0.3 is 5.97 Å². The molecule has 5 nitrogen and oxygen atoms in total. The second kappa shape index (κ2) is 7.14. The van der Waals surface area contributed by atoms with E-state index >= 15 is 0 Å². The van der Waals surface area contributed by atoms with Crippen molar-refractivity contribution in [3.05, 3.63) is 28.8 Å². The number of rotatable bonds is 5. The van der Waals surface area contributed by atoms with Gasteiger partial charge in [-0.25, -0.2) is 4.79 Å². The van der Waals surface area contributed by atoms with Crippen molar-refractivity contribution in [2.75, 3.05) is 26.5 Å². The zero-order valence-electron chi connectivity index (χ0n) is 12.1. The van der Waals surface area contributed by atoms with E-state index in [9.17, 15) is 9.59 Å². The molecule has 0 aliphatic heterocycles. The summed E-state index contributed by atoms with van der Waals surface area (Å²) in [6, 6.07) is 4.41. The molecule has 1 N–H and O–H groups in total. The van der Waals surface area contributed by atoms with Crippen molar-refractivity contribution in [3.63, 3.8) is 0 Å². The molecule has 0 fully saturated rings. The number of halogens is 1. The van der Waals surface area contributed by atoms with E-state index in [-0.39, 0.29) is 11.9 Å². The lowest BCUT2D eigenvalue weighted by Crippen LogP contribution is -2.30. The summed E-state index contributed by atoms with van der Waals surface area (Å²) in [6.07, 6.45) is 0.550. The van der Waals surface area contributed by atoms with E-state index in [0.717, 1.165) is 0 Å². The average Bonchev–Trinajstić information content (AvgIpc) is 2.44. The number of anilines is 1. The molecule has 1 rings (SSSR count). The van der Waals surface area contributed by atoms with E-state index in [0.29, 0.717) is 22.7 Å². The van der Waals surface area contributed by atoms with Crippen molar-refractivity contribution < 1.29 is 14.3 Å². The topological polar surface area (TPSA) is 58.6 Å². The van der Waals surface area contributed by atoms with Crippen LogP contribution in [0.4, 0.5) is 5.69 Å². The molecule has 1 aromatic rings. The normalized spacial score (nSPS) is 11.7. The van der Waals surface area contributed by atoms with Crippen LogP contribution in [0, 0.1) is 0 Å². The molecule has 110 valence electrons. The highest BCUT2D eigenvalue weighted by atomic mass is 35.5. The highest BCUT2D eigenvalue weighted by molar-refractivity contribution is 6.33. The van der Waals surface area contributed by atoms with Crippen LogP contribution < -0.4 is 5.32 Å². The molecule has 0 spiro atoms. The van der Waals surface area contributed by atoms with Crippen LogP contribution in [0.25, 0.3) is 0 Å². The van der Waals surface area contributed by atoms with Crippen molar-refractivity contribution in [2.24, 2.45) is 0 Å². The van der Waals surface area contributed by atoms with Crippen LogP contribution >= 0.6 is 11.6 Å². The number of hydrogen-bond acceptors (Lipinski definition) is 4. The van der Waals surface area contributed by atoms with Gasteiger partial charge in [0, 0.05) is 19.7 Å². The third-order valence-electron chi connectivity index (χ3n) is 2.84. The number of benzene rings is 1. The van der Waals surface area contributed by atoms with E-state index in [1.165, 1.54) is 12.0 Å². The van der Waals surface area contributed by atoms with Crippen molar-refractivity contribution in [2.45, 2.75) is 19.4 Å². The first-order valence-electron chi connectivity index (χ1n) is 6.26. The maximum absolute atomic E-state index is 11.9. The van der Waals surface area contributed by atoms with Crippen LogP contribution in [0.2, 0.25) is 5.02 Å². The van der Waals surface area contributed by atoms with E-state index in [1.54, 1.807) is 32.3 Å². The maximum atomic E-state index is 11.9. The maximum Gasteiger partial charge on any atom is 0.328 e. The zero-order valence-corrected chi connectivity index (χ0v) is 12.8. The van der Waals surface area contributed by atoms with E-state index < -0.39 is 6.04 Å². The third-order valence-corrected chi connectivity index (χ3v) is 3.17. The summed E-state index contributed by atoms with van der Waals surface area (Å²) in [7, 11) is 4.68. The van der Waals surface area contributed by atoms with Gasteiger partial charge in [-0.05, 0) is 24.6 Å². The summed E-state index contributed by atoms with van der Waals surface area (Å²) in [6.45, 7) is 1.86. The number of ether oxygens (including phenoxy) is 1. The molecular formula is C14H19ClN2O3. The Labute approximate surface area is 123 Å². The predicted molar refractivity (Wildman–Crippen MR) is 79.2 cm³/mol. The first kappa shape index (κ1) is 16.3. The van der Waals surface area contributed by atoms with Gasteiger partial charge in [0.15, 0.2) is 0 Å². The zero-order chi connectivity index (χ0) is 15.3. The van der Waals surface area contributed by atoms with Gasteiger partial charge in [-0.3, -0.25) is 4.79 Å². The van der Waals surface area contributed by atoms with Gasteiger partial charge in [-0.15, -0.1) is 0 Å². The molecule has 1 aromatic carbocycles. The molecule has 0 heterocycles. The summed E-state index contributed by atoms with van der Waals surface area (Å²) < 4.78 is 4.71. The Kier molecular flexibility index (Phi) is 5.82. The monoisotopic (exact) mass is 298 g/mol. The Morgan fingerprint density at radius 1 is 1.40 bits per heavy atom. The molecule has 20 heavy (non-hydrogen) atoms. The average molecular weight is 299 g/mol. The lowest BCUT2D eigenvalue weighted by atomic mass is 10.1. The molecule has 0 saturated heterocycles. The summed E-state index contributed by atoms with van der Waals surface area (Å²) in [4.78, 5) is 25.0. The molecular weight excluding hydrogens is 280 g/mol. The SMILES string of the molecule is CCC(Nc1cc(C(=O)N(C)C)ccc1Cl)C(=O)OC. The fourth-order valence-corrected chi connectivity index (χ4v) is 1.86. The Bertz CT molecular complexity index is 503. The Morgan fingerprint density at radius 3 is 2.55 bits per heavy atom. The minimum atomic E-state index is -0.498. The summed E-state index contributed by atoms with van der Waals surface area (Å²) >= 11 is 6.09. The van der Waals surface area contributed by atoms with E-state index in [1.807, 2.05) is 6.92 Å². The quantitative estimate of drug-likeness (QED) is 0.848. The Morgan fingerprint density at radius 2 is 2.05 bits per heavy atom. The number of carbonyl (C=O) groups is 2. The highest BCUT2D eigenvalue weighted by Crippen LogP contribution is 2.25. The van der Waals surface area contributed by atoms with Gasteiger partial charge in [-0.1, -0.05) is 18.5 Å². The fourth-order valence-electron chi connectivity index (χ4n) is 1.68. The smallest absolute Gasteiger partial charge is 0.328 e. The second-order valence-corrected chi connectivity index (χ2v) is 4.93. The molecule has 0 radical (unpaired) electrons. The van der Waals surface area contributed by atoms with E-state index in [4.69, 9.17) is 16.3 Å². The molecule has 0 saturated carbocycles. The van der Waals surface area contributed by atoms with Gasteiger partial charge in [0.2, 0.25) is 0 Å². The van der Waals surface area contributed by atoms with Crippen LogP contribution in [0.3, 0.4) is 0 Å². The van der Waals surface area contributed by atoms with Crippen molar-refractivity contribution >= 4 is 29.2 Å². The second-order valence-electron chi connectivity index (χ2n) is 4.52. The van der Waals surface area contributed by atoms with Crippen LogP contribution in [0.5, 0.6) is 0 Å². The van der Waals surface area contributed by atoms with Crippen LogP contribution in [-0.2, 0) is 9.53 Å². The van der Waals surface area contributed by atoms with Crippen LogP contribution in [-0.4, -0.2) is 44.0 Å². The predicted octanol–water partition coefficient (Wildman–Crippen LogP) is 2.41. The number of nitrogens with zero attached hydrogens (tertiary/aromatic N) is 1. The highest BCUT2D eigenvalue weighted by Gasteiger charge is 2.19. The lowest BCUT2D eigenvalue weighted by Gasteiger charge is -2.18. The summed E-state index contributed by atoms with van der Waals surface area (Å²) in [5.74, 6) is -0.497. The van der Waals surface area contributed by atoms with Crippen molar-refractivity contribution in [1.82, 2.24) is 4.90 Å². The van der Waals surface area contributed by atoms with Gasteiger partial charge in [0.25, 0.3) is 5.91 Å². The largest absolute Gasteiger partial charge is 0.467 e. The first-order valence-corrected chi connectivity index (χ1v) is 6.64.